The lowest BCUT2D eigenvalue weighted by Gasteiger charge is -2.18. The molecule has 0 aliphatic heterocycles. The van der Waals surface area contributed by atoms with Crippen LogP contribution in [0.1, 0.15) is 95.9 Å². The predicted molar refractivity (Wildman–Crippen MR) is 289 cm³/mol. The second kappa shape index (κ2) is 22.5. The average Bonchev–Trinajstić information content (AvgIpc) is 3.96. The Kier molecular flexibility index (Phi) is 15.6. The normalized spacial score (nSPS) is 10.7. The highest BCUT2D eigenvalue weighted by Gasteiger charge is 2.22. The molecule has 4 heterocycles. The third-order valence-electron chi connectivity index (χ3n) is 12.1. The van der Waals surface area contributed by atoms with Crippen molar-refractivity contribution in [3.8, 4) is 46.7 Å². The number of benzene rings is 4. The van der Waals surface area contributed by atoms with Crippen molar-refractivity contribution >= 4 is 80.0 Å². The molecule has 0 aliphatic rings. The van der Waals surface area contributed by atoms with Crippen LogP contribution in [-0.2, 0) is 19.5 Å². The summed E-state index contributed by atoms with van der Waals surface area (Å²) in [7, 11) is 0. The SMILES string of the molecule is CCN(CC)C(=O)c1cc(C#Cc2ccc(N=C=S)cc2)cc(-c2nc3cc(Cc4ccc5c(c4)nc(-c4cc(C#Cc6ccc(N=C=S)cc6)cc(C(=O)N(CC)CC)n4)n5CC)ccc3n2CC)n1. The molecular weight excluding hydrogens is 921 g/mol. The zero-order valence-electron chi connectivity index (χ0n) is 40.4. The number of aromatic nitrogens is 6. The number of hydrogen-bond acceptors (Lipinski definition) is 10. The van der Waals surface area contributed by atoms with E-state index in [0.717, 1.165) is 44.3 Å². The zero-order chi connectivity index (χ0) is 50.0. The van der Waals surface area contributed by atoms with Gasteiger partial charge in [-0.05, 0) is 181 Å². The first-order valence-electron chi connectivity index (χ1n) is 23.6. The molecule has 71 heavy (non-hydrogen) atoms. The van der Waals surface area contributed by atoms with E-state index in [4.69, 9.17) is 44.4 Å². The molecule has 0 unspecified atom stereocenters. The van der Waals surface area contributed by atoms with Crippen molar-refractivity contribution < 1.29 is 9.59 Å². The lowest BCUT2D eigenvalue weighted by Crippen LogP contribution is -2.31. The highest BCUT2D eigenvalue weighted by atomic mass is 32.1. The Morgan fingerprint density at radius 3 is 1.23 bits per heavy atom. The van der Waals surface area contributed by atoms with Crippen molar-refractivity contribution in [2.45, 2.75) is 61.1 Å². The van der Waals surface area contributed by atoms with E-state index in [-0.39, 0.29) is 11.8 Å². The Balaban J connectivity index is 1.13. The van der Waals surface area contributed by atoms with Crippen molar-refractivity contribution in [3.05, 3.63) is 154 Å². The van der Waals surface area contributed by atoms with Crippen LogP contribution < -0.4 is 0 Å². The van der Waals surface area contributed by atoms with Crippen molar-refractivity contribution in [1.82, 2.24) is 38.9 Å². The molecule has 8 aromatic rings. The van der Waals surface area contributed by atoms with Gasteiger partial charge in [-0.3, -0.25) is 9.59 Å². The molecule has 4 aromatic carbocycles. The minimum atomic E-state index is -0.168. The summed E-state index contributed by atoms with van der Waals surface area (Å²) in [6.07, 6.45) is 0.629. The van der Waals surface area contributed by atoms with Gasteiger partial charge in [-0.15, -0.1) is 0 Å². The summed E-state index contributed by atoms with van der Waals surface area (Å²) >= 11 is 9.49. The van der Waals surface area contributed by atoms with Gasteiger partial charge in [0.2, 0.25) is 0 Å². The first-order chi connectivity index (χ1) is 34.6. The Bertz CT molecular complexity index is 3320. The fourth-order valence-corrected chi connectivity index (χ4v) is 8.68. The number of rotatable bonds is 14. The van der Waals surface area contributed by atoms with Gasteiger partial charge in [-0.1, -0.05) is 35.8 Å². The summed E-state index contributed by atoms with van der Waals surface area (Å²) in [5.74, 6) is 13.9. The van der Waals surface area contributed by atoms with E-state index in [1.54, 1.807) is 21.9 Å². The number of nitrogens with zero attached hydrogens (tertiary/aromatic N) is 10. The molecule has 12 nitrogen and oxygen atoms in total. The van der Waals surface area contributed by atoms with Crippen molar-refractivity contribution in [3.63, 3.8) is 0 Å². The molecule has 8 rings (SSSR count). The van der Waals surface area contributed by atoms with E-state index < -0.39 is 0 Å². The predicted octanol–water partition coefficient (Wildman–Crippen LogP) is 11.4. The summed E-state index contributed by atoms with van der Waals surface area (Å²) in [4.78, 5) is 59.2. The summed E-state index contributed by atoms with van der Waals surface area (Å²) in [6.45, 7) is 15.4. The van der Waals surface area contributed by atoms with Crippen LogP contribution in [-0.4, -0.2) is 87.2 Å². The van der Waals surface area contributed by atoms with Crippen LogP contribution in [0.25, 0.3) is 45.1 Å². The van der Waals surface area contributed by atoms with Crippen LogP contribution in [0.2, 0.25) is 0 Å². The second-order valence-corrected chi connectivity index (χ2v) is 16.8. The van der Waals surface area contributed by atoms with Gasteiger partial charge in [0.05, 0.1) is 43.8 Å². The number of amides is 2. The van der Waals surface area contributed by atoms with Crippen LogP contribution in [0.3, 0.4) is 0 Å². The molecule has 0 atom stereocenters. The summed E-state index contributed by atoms with van der Waals surface area (Å²) in [5.41, 5.74) is 11.7. The maximum atomic E-state index is 13.8. The van der Waals surface area contributed by atoms with Gasteiger partial charge in [0.15, 0.2) is 11.6 Å². The third kappa shape index (κ3) is 11.0. The van der Waals surface area contributed by atoms with E-state index in [0.29, 0.717) is 103 Å². The van der Waals surface area contributed by atoms with E-state index in [1.165, 1.54) is 0 Å². The molecule has 352 valence electrons. The molecule has 0 saturated carbocycles. The maximum Gasteiger partial charge on any atom is 0.272 e. The standard InChI is InChI=1S/C57H50N10O2S2/c1-7-64(8-2)56(68)50-34-42(15-13-38-17-23-44(24-18-38)58-36-70)32-48(60-50)54-62-46-30-40(21-27-52(46)66(54)11-5)29-41-22-28-53-47(31-41)63-55(67(53)12-6)49-33-43(35-51(61-49)57(69)65(9-3)10-4)16-14-39-19-25-45(26-20-39)59-37-71/h17-28,30-35H,7-12,29H2,1-6H3. The molecule has 14 heteroatoms. The first kappa shape index (κ1) is 49.2. The molecule has 0 bridgehead atoms. The topological polar surface area (TPSA) is 127 Å². The highest BCUT2D eigenvalue weighted by molar-refractivity contribution is 7.78. The molecule has 0 radical (unpaired) electrons. The number of isothiocyanates is 2. The Labute approximate surface area is 424 Å². The number of pyridine rings is 2. The van der Waals surface area contributed by atoms with Gasteiger partial charge in [0, 0.05) is 61.5 Å². The van der Waals surface area contributed by atoms with Gasteiger partial charge in [0.1, 0.15) is 22.8 Å². The Morgan fingerprint density at radius 1 is 0.493 bits per heavy atom. The molecule has 2 amide bonds. The van der Waals surface area contributed by atoms with Crippen LogP contribution in [0.15, 0.2) is 119 Å². The summed E-state index contributed by atoms with van der Waals surface area (Å²) in [5, 5.41) is 4.77. The van der Waals surface area contributed by atoms with Crippen LogP contribution in [0, 0.1) is 23.7 Å². The van der Waals surface area contributed by atoms with Gasteiger partial charge in [0.25, 0.3) is 11.8 Å². The number of thiocarbonyl (C=S) groups is 2. The number of fused-ring (bicyclic) bond motifs is 2. The summed E-state index contributed by atoms with van der Waals surface area (Å²) < 4.78 is 4.24. The van der Waals surface area contributed by atoms with Gasteiger partial charge in [-0.25, -0.2) is 19.9 Å². The van der Waals surface area contributed by atoms with Gasteiger partial charge < -0.3 is 18.9 Å². The van der Waals surface area contributed by atoms with E-state index >= 15 is 0 Å². The van der Waals surface area contributed by atoms with E-state index in [9.17, 15) is 9.59 Å². The number of carbonyl (C=O) groups excluding carboxylic acids is 2. The van der Waals surface area contributed by atoms with Crippen molar-refractivity contribution in [2.24, 2.45) is 9.98 Å². The minimum Gasteiger partial charge on any atom is -0.338 e. The number of carbonyl (C=O) groups is 2. The van der Waals surface area contributed by atoms with Crippen molar-refractivity contribution in [2.75, 3.05) is 26.2 Å². The monoisotopic (exact) mass is 970 g/mol. The molecule has 0 N–H and O–H groups in total. The van der Waals surface area contributed by atoms with E-state index in [2.05, 4.69) is 103 Å². The first-order valence-corrected chi connectivity index (χ1v) is 24.4. The lowest BCUT2D eigenvalue weighted by molar-refractivity contribution is 0.0759. The number of hydrogen-bond donors (Lipinski definition) is 0. The van der Waals surface area contributed by atoms with Gasteiger partial charge in [-0.2, -0.15) is 9.98 Å². The summed E-state index contributed by atoms with van der Waals surface area (Å²) in [6, 6.07) is 34.8. The minimum absolute atomic E-state index is 0.168. The number of imidazole rings is 2. The number of aliphatic imine (C=N–C) groups is 2. The fraction of sp³-hybridized carbons (Fsp3) is 0.228. The Morgan fingerprint density at radius 2 is 0.873 bits per heavy atom. The Hall–Kier alpha value is -8.22. The smallest absolute Gasteiger partial charge is 0.272 e. The van der Waals surface area contributed by atoms with E-state index in [1.807, 2.05) is 88.4 Å². The van der Waals surface area contributed by atoms with Crippen molar-refractivity contribution in [1.29, 1.82) is 0 Å². The molecule has 0 aliphatic carbocycles. The highest BCUT2D eigenvalue weighted by Crippen LogP contribution is 2.30. The second-order valence-electron chi connectivity index (χ2n) is 16.4. The van der Waals surface area contributed by atoms with Crippen LogP contribution in [0.4, 0.5) is 11.4 Å². The third-order valence-corrected chi connectivity index (χ3v) is 12.3. The molecule has 0 spiro atoms. The lowest BCUT2D eigenvalue weighted by atomic mass is 10.0. The van der Waals surface area contributed by atoms with Gasteiger partial charge >= 0.3 is 0 Å². The molecule has 0 saturated heterocycles. The largest absolute Gasteiger partial charge is 0.338 e. The molecule has 0 fully saturated rings. The molecule has 4 aromatic heterocycles. The molecular formula is C57H50N10O2S2. The van der Waals surface area contributed by atoms with Crippen LogP contribution in [0.5, 0.6) is 0 Å². The zero-order valence-corrected chi connectivity index (χ0v) is 42.1. The average molecular weight is 971 g/mol. The fourth-order valence-electron chi connectivity index (χ4n) is 8.47. The quantitative estimate of drug-likeness (QED) is 0.0599. The number of aryl methyl sites for hydroxylation is 2. The van der Waals surface area contributed by atoms with Crippen LogP contribution >= 0.6 is 24.4 Å². The maximum absolute atomic E-state index is 13.8.